The van der Waals surface area contributed by atoms with E-state index < -0.39 is 0 Å². The molecule has 1 aromatic heterocycles. The summed E-state index contributed by atoms with van der Waals surface area (Å²) >= 11 is 11.9. The highest BCUT2D eigenvalue weighted by Gasteiger charge is 2.22. The molecule has 1 aliphatic rings. The molecule has 0 aliphatic carbocycles. The molecular weight excluding hydrogens is 259 g/mol. The van der Waals surface area contributed by atoms with E-state index >= 15 is 0 Å². The van der Waals surface area contributed by atoms with Crippen LogP contribution in [0.4, 0.5) is 5.69 Å². The molecule has 17 heavy (non-hydrogen) atoms. The van der Waals surface area contributed by atoms with Gasteiger partial charge in [-0.2, -0.15) is 0 Å². The van der Waals surface area contributed by atoms with E-state index in [0.29, 0.717) is 16.3 Å². The largest absolute Gasteiger partial charge is 0.369 e. The molecule has 0 aromatic carbocycles. The van der Waals surface area contributed by atoms with Crippen molar-refractivity contribution < 1.29 is 0 Å². The van der Waals surface area contributed by atoms with Gasteiger partial charge in [-0.1, -0.05) is 23.2 Å². The summed E-state index contributed by atoms with van der Waals surface area (Å²) in [6, 6.07) is 2.43. The van der Waals surface area contributed by atoms with Gasteiger partial charge in [0.1, 0.15) is 0 Å². The minimum absolute atomic E-state index is 0.388. The first-order valence-corrected chi connectivity index (χ1v) is 6.43. The molecule has 0 atom stereocenters. The molecule has 0 radical (unpaired) electrons. The van der Waals surface area contributed by atoms with E-state index in [9.17, 15) is 0 Å². The van der Waals surface area contributed by atoms with Crippen LogP contribution in [0.25, 0.3) is 0 Å². The third-order valence-corrected chi connectivity index (χ3v) is 3.69. The Morgan fingerprint density at radius 2 is 1.88 bits per heavy atom. The van der Waals surface area contributed by atoms with Crippen LogP contribution in [0, 0.1) is 0 Å². The van der Waals surface area contributed by atoms with Gasteiger partial charge in [-0.25, -0.2) is 0 Å². The lowest BCUT2D eigenvalue weighted by Crippen LogP contribution is -2.42. The first-order valence-electron chi connectivity index (χ1n) is 5.68. The normalized spacial score (nSPS) is 17.8. The van der Waals surface area contributed by atoms with E-state index in [2.05, 4.69) is 34.1 Å². The van der Waals surface area contributed by atoms with Crippen LogP contribution in [0.15, 0.2) is 6.07 Å². The van der Waals surface area contributed by atoms with Gasteiger partial charge in [0.15, 0.2) is 10.3 Å². The summed E-state index contributed by atoms with van der Waals surface area (Å²) in [5.74, 6) is 0. The average Bonchev–Trinajstić information content (AvgIpc) is 2.32. The molecule has 1 aromatic rings. The standard InChI is InChI=1S/C11H16Cl2N4/c1-16(2)8-3-5-17(6-4-8)9-7-10(12)14-15-11(9)13/h7-8H,3-6H2,1-2H3. The lowest BCUT2D eigenvalue weighted by Gasteiger charge is -2.36. The molecule has 0 unspecified atom stereocenters. The lowest BCUT2D eigenvalue weighted by atomic mass is 10.0. The Bertz CT molecular complexity index is 389. The molecule has 0 N–H and O–H groups in total. The number of hydrogen-bond acceptors (Lipinski definition) is 4. The average molecular weight is 275 g/mol. The summed E-state index contributed by atoms with van der Waals surface area (Å²) in [4.78, 5) is 4.50. The predicted octanol–water partition coefficient (Wildman–Crippen LogP) is 2.31. The van der Waals surface area contributed by atoms with E-state index in [0.717, 1.165) is 31.6 Å². The molecule has 1 aliphatic heterocycles. The second kappa shape index (κ2) is 5.38. The number of rotatable bonds is 2. The Hall–Kier alpha value is -0.580. The number of piperidine rings is 1. The van der Waals surface area contributed by atoms with E-state index in [1.807, 2.05) is 0 Å². The fourth-order valence-electron chi connectivity index (χ4n) is 2.19. The molecule has 0 saturated carbocycles. The minimum Gasteiger partial charge on any atom is -0.369 e. The van der Waals surface area contributed by atoms with Crippen molar-refractivity contribution in [3.63, 3.8) is 0 Å². The van der Waals surface area contributed by atoms with Gasteiger partial charge in [0.05, 0.1) is 5.69 Å². The Morgan fingerprint density at radius 1 is 1.24 bits per heavy atom. The molecule has 0 amide bonds. The number of hydrogen-bond donors (Lipinski definition) is 0. The van der Waals surface area contributed by atoms with Gasteiger partial charge in [-0.05, 0) is 26.9 Å². The van der Waals surface area contributed by atoms with Crippen LogP contribution < -0.4 is 4.90 Å². The van der Waals surface area contributed by atoms with E-state index in [1.165, 1.54) is 0 Å². The van der Waals surface area contributed by atoms with Crippen LogP contribution in [-0.4, -0.2) is 48.3 Å². The predicted molar refractivity (Wildman–Crippen MR) is 71.0 cm³/mol. The van der Waals surface area contributed by atoms with Crippen molar-refractivity contribution in [3.05, 3.63) is 16.4 Å². The maximum atomic E-state index is 6.04. The molecule has 94 valence electrons. The van der Waals surface area contributed by atoms with Crippen molar-refractivity contribution in [2.24, 2.45) is 0 Å². The minimum atomic E-state index is 0.388. The molecule has 2 rings (SSSR count). The van der Waals surface area contributed by atoms with Crippen molar-refractivity contribution in [2.75, 3.05) is 32.1 Å². The third kappa shape index (κ3) is 3.00. The van der Waals surface area contributed by atoms with Crippen molar-refractivity contribution in [3.8, 4) is 0 Å². The van der Waals surface area contributed by atoms with E-state index in [-0.39, 0.29) is 0 Å². The van der Waals surface area contributed by atoms with Crippen molar-refractivity contribution in [2.45, 2.75) is 18.9 Å². The summed E-state index contributed by atoms with van der Waals surface area (Å²) in [6.45, 7) is 1.95. The molecule has 2 heterocycles. The van der Waals surface area contributed by atoms with Gasteiger partial charge in [0.25, 0.3) is 0 Å². The fraction of sp³-hybridized carbons (Fsp3) is 0.636. The van der Waals surface area contributed by atoms with Gasteiger partial charge in [0, 0.05) is 25.2 Å². The van der Waals surface area contributed by atoms with Crippen LogP contribution in [0.1, 0.15) is 12.8 Å². The molecule has 0 spiro atoms. The van der Waals surface area contributed by atoms with E-state index in [4.69, 9.17) is 23.2 Å². The highest BCUT2D eigenvalue weighted by molar-refractivity contribution is 6.33. The summed E-state index contributed by atoms with van der Waals surface area (Å²) in [7, 11) is 4.25. The first kappa shape index (κ1) is 12.9. The number of anilines is 1. The Labute approximate surface area is 112 Å². The van der Waals surface area contributed by atoms with Crippen LogP contribution in [0.3, 0.4) is 0 Å². The molecule has 1 fully saturated rings. The number of nitrogens with zero attached hydrogens (tertiary/aromatic N) is 4. The second-order valence-electron chi connectivity index (χ2n) is 4.52. The Kier molecular flexibility index (Phi) is 4.07. The SMILES string of the molecule is CN(C)C1CCN(c2cc(Cl)nnc2Cl)CC1. The van der Waals surface area contributed by atoms with E-state index in [1.54, 1.807) is 6.07 Å². The highest BCUT2D eigenvalue weighted by atomic mass is 35.5. The molecule has 6 heteroatoms. The number of halogens is 2. The Morgan fingerprint density at radius 3 is 2.47 bits per heavy atom. The molecular formula is C11H16Cl2N4. The highest BCUT2D eigenvalue weighted by Crippen LogP contribution is 2.28. The zero-order valence-electron chi connectivity index (χ0n) is 10.0. The van der Waals surface area contributed by atoms with Gasteiger partial charge >= 0.3 is 0 Å². The molecule has 4 nitrogen and oxygen atoms in total. The van der Waals surface area contributed by atoms with Crippen molar-refractivity contribution in [1.29, 1.82) is 0 Å². The van der Waals surface area contributed by atoms with Gasteiger partial charge in [-0.3, -0.25) is 0 Å². The molecule has 1 saturated heterocycles. The van der Waals surface area contributed by atoms with Crippen molar-refractivity contribution in [1.82, 2.24) is 15.1 Å². The van der Waals surface area contributed by atoms with Crippen LogP contribution in [0.5, 0.6) is 0 Å². The van der Waals surface area contributed by atoms with Gasteiger partial charge < -0.3 is 9.80 Å². The summed E-state index contributed by atoms with van der Waals surface area (Å²) in [6.07, 6.45) is 2.26. The summed E-state index contributed by atoms with van der Waals surface area (Å²) in [5, 5.41) is 8.38. The number of aromatic nitrogens is 2. The van der Waals surface area contributed by atoms with Crippen LogP contribution in [-0.2, 0) is 0 Å². The zero-order chi connectivity index (χ0) is 12.4. The third-order valence-electron chi connectivity index (χ3n) is 3.24. The first-order chi connectivity index (χ1) is 8.08. The van der Waals surface area contributed by atoms with Crippen LogP contribution in [0.2, 0.25) is 10.3 Å². The Balaban J connectivity index is 2.07. The fourth-order valence-corrected chi connectivity index (χ4v) is 2.54. The quantitative estimate of drug-likeness (QED) is 0.829. The smallest absolute Gasteiger partial charge is 0.175 e. The maximum absolute atomic E-state index is 6.04. The van der Waals surface area contributed by atoms with Crippen molar-refractivity contribution >= 4 is 28.9 Å². The maximum Gasteiger partial charge on any atom is 0.175 e. The van der Waals surface area contributed by atoms with Gasteiger partial charge in [-0.15, -0.1) is 10.2 Å². The summed E-state index contributed by atoms with van der Waals surface area (Å²) < 4.78 is 0. The molecule has 0 bridgehead atoms. The zero-order valence-corrected chi connectivity index (χ0v) is 11.5. The lowest BCUT2D eigenvalue weighted by molar-refractivity contribution is 0.249. The second-order valence-corrected chi connectivity index (χ2v) is 5.27. The topological polar surface area (TPSA) is 32.3 Å². The summed E-state index contributed by atoms with van der Waals surface area (Å²) in [5.41, 5.74) is 0.892. The van der Waals surface area contributed by atoms with Crippen LogP contribution >= 0.6 is 23.2 Å². The van der Waals surface area contributed by atoms with Gasteiger partial charge in [0.2, 0.25) is 0 Å². The monoisotopic (exact) mass is 274 g/mol.